The van der Waals surface area contributed by atoms with Crippen molar-refractivity contribution in [1.29, 1.82) is 0 Å². The molecule has 2 fully saturated rings. The van der Waals surface area contributed by atoms with E-state index in [9.17, 15) is 4.79 Å². The highest BCUT2D eigenvalue weighted by Crippen LogP contribution is 2.37. The molecule has 1 amide bonds. The van der Waals surface area contributed by atoms with Crippen molar-refractivity contribution in [3.8, 4) is 0 Å². The maximum absolute atomic E-state index is 12.2. The van der Waals surface area contributed by atoms with Crippen LogP contribution in [0.2, 0.25) is 0 Å². The molecule has 1 saturated heterocycles. The quantitative estimate of drug-likeness (QED) is 0.853. The van der Waals surface area contributed by atoms with E-state index in [2.05, 4.69) is 45.5 Å². The summed E-state index contributed by atoms with van der Waals surface area (Å²) < 4.78 is 2.15. The van der Waals surface area contributed by atoms with Crippen LogP contribution in [-0.4, -0.2) is 50.7 Å². The number of anilines is 1. The molecule has 1 aromatic rings. The van der Waals surface area contributed by atoms with Crippen molar-refractivity contribution in [3.63, 3.8) is 0 Å². The SMILES string of the molecule is CCC(C)c1nnc(N2CCN(C(C)=O)C3(CCCCC3)C2)n1C. The highest BCUT2D eigenvalue weighted by atomic mass is 16.2. The molecule has 134 valence electrons. The summed E-state index contributed by atoms with van der Waals surface area (Å²) >= 11 is 0. The van der Waals surface area contributed by atoms with E-state index in [1.54, 1.807) is 6.92 Å². The lowest BCUT2D eigenvalue weighted by molar-refractivity contribution is -0.137. The van der Waals surface area contributed by atoms with E-state index in [-0.39, 0.29) is 11.4 Å². The molecule has 0 bridgehead atoms. The second-order valence-corrected chi connectivity index (χ2v) is 7.60. The Labute approximate surface area is 145 Å². The normalized spacial score (nSPS) is 22.0. The van der Waals surface area contributed by atoms with Gasteiger partial charge in [-0.2, -0.15) is 0 Å². The van der Waals surface area contributed by atoms with Crippen LogP contribution >= 0.6 is 0 Å². The number of hydrogen-bond acceptors (Lipinski definition) is 4. The predicted octanol–water partition coefficient (Wildman–Crippen LogP) is 2.70. The van der Waals surface area contributed by atoms with Gasteiger partial charge < -0.3 is 14.4 Å². The number of nitrogens with zero attached hydrogens (tertiary/aromatic N) is 5. The summed E-state index contributed by atoms with van der Waals surface area (Å²) in [5.41, 5.74) is -0.00911. The fourth-order valence-corrected chi connectivity index (χ4v) is 4.50. The summed E-state index contributed by atoms with van der Waals surface area (Å²) in [6.45, 7) is 8.62. The Bertz CT molecular complexity index is 590. The Morgan fingerprint density at radius 2 is 1.92 bits per heavy atom. The van der Waals surface area contributed by atoms with Gasteiger partial charge in [-0.05, 0) is 19.3 Å². The molecule has 0 aromatic carbocycles. The summed E-state index contributed by atoms with van der Waals surface area (Å²) in [6, 6.07) is 0. The highest BCUT2D eigenvalue weighted by Gasteiger charge is 2.44. The van der Waals surface area contributed by atoms with Crippen LogP contribution in [0.15, 0.2) is 0 Å². The first-order valence-electron chi connectivity index (χ1n) is 9.41. The molecular weight excluding hydrogens is 302 g/mol. The van der Waals surface area contributed by atoms with Crippen molar-refractivity contribution in [3.05, 3.63) is 5.82 Å². The number of hydrogen-bond donors (Lipinski definition) is 0. The molecule has 1 spiro atoms. The standard InChI is InChI=1S/C18H31N5O/c1-5-14(2)16-19-20-17(21(16)4)22-11-12-23(15(3)24)18(13-22)9-7-6-8-10-18/h14H,5-13H2,1-4H3. The van der Waals surface area contributed by atoms with E-state index < -0.39 is 0 Å². The smallest absolute Gasteiger partial charge is 0.227 e. The number of rotatable bonds is 3. The van der Waals surface area contributed by atoms with Crippen LogP contribution < -0.4 is 4.90 Å². The lowest BCUT2D eigenvalue weighted by Gasteiger charge is -2.52. The minimum Gasteiger partial charge on any atom is -0.337 e. The van der Waals surface area contributed by atoms with E-state index in [0.29, 0.717) is 5.92 Å². The van der Waals surface area contributed by atoms with E-state index in [1.165, 1.54) is 19.3 Å². The van der Waals surface area contributed by atoms with Crippen molar-refractivity contribution < 1.29 is 4.79 Å². The largest absolute Gasteiger partial charge is 0.337 e. The van der Waals surface area contributed by atoms with Crippen LogP contribution in [0, 0.1) is 0 Å². The fraction of sp³-hybridized carbons (Fsp3) is 0.833. The first-order chi connectivity index (χ1) is 11.5. The lowest BCUT2D eigenvalue weighted by Crippen LogP contribution is -2.64. The zero-order chi connectivity index (χ0) is 17.3. The molecule has 3 rings (SSSR count). The number of amides is 1. The Balaban J connectivity index is 1.86. The summed E-state index contributed by atoms with van der Waals surface area (Å²) in [7, 11) is 2.07. The minimum absolute atomic E-state index is 0.00911. The Hall–Kier alpha value is -1.59. The van der Waals surface area contributed by atoms with Gasteiger partial charge in [0, 0.05) is 39.5 Å². The predicted molar refractivity (Wildman–Crippen MR) is 95.1 cm³/mol. The van der Waals surface area contributed by atoms with Crippen LogP contribution in [0.25, 0.3) is 0 Å². The fourth-order valence-electron chi connectivity index (χ4n) is 4.50. The van der Waals surface area contributed by atoms with Crippen LogP contribution in [0.3, 0.4) is 0 Å². The second-order valence-electron chi connectivity index (χ2n) is 7.60. The monoisotopic (exact) mass is 333 g/mol. The van der Waals surface area contributed by atoms with Crippen molar-refractivity contribution in [2.75, 3.05) is 24.5 Å². The summed E-state index contributed by atoms with van der Waals surface area (Å²) in [4.78, 5) is 16.7. The zero-order valence-electron chi connectivity index (χ0n) is 15.6. The summed E-state index contributed by atoms with van der Waals surface area (Å²) in [5, 5.41) is 8.93. The third-order valence-electron chi connectivity index (χ3n) is 6.04. The first kappa shape index (κ1) is 17.2. The second kappa shape index (κ2) is 6.73. The lowest BCUT2D eigenvalue weighted by atomic mass is 9.78. The van der Waals surface area contributed by atoms with Gasteiger partial charge in [-0.1, -0.05) is 33.1 Å². The molecule has 24 heavy (non-hydrogen) atoms. The molecule has 1 aromatic heterocycles. The number of carbonyl (C=O) groups is 1. The zero-order valence-corrected chi connectivity index (χ0v) is 15.6. The van der Waals surface area contributed by atoms with Gasteiger partial charge in [0.2, 0.25) is 11.9 Å². The average molecular weight is 333 g/mol. The van der Waals surface area contributed by atoms with Crippen molar-refractivity contribution >= 4 is 11.9 Å². The third kappa shape index (κ3) is 2.91. The molecule has 1 saturated carbocycles. The van der Waals surface area contributed by atoms with E-state index in [1.807, 2.05) is 0 Å². The molecule has 1 aliphatic heterocycles. The van der Waals surface area contributed by atoms with Gasteiger partial charge in [-0.15, -0.1) is 10.2 Å². The minimum atomic E-state index is -0.00911. The Kier molecular flexibility index (Phi) is 4.83. The number of aromatic nitrogens is 3. The Morgan fingerprint density at radius 3 is 2.54 bits per heavy atom. The van der Waals surface area contributed by atoms with Gasteiger partial charge in [-0.3, -0.25) is 4.79 Å². The van der Waals surface area contributed by atoms with E-state index in [0.717, 1.165) is 50.7 Å². The molecule has 2 heterocycles. The van der Waals surface area contributed by atoms with Gasteiger partial charge in [0.1, 0.15) is 5.82 Å². The van der Waals surface area contributed by atoms with E-state index in [4.69, 9.17) is 0 Å². The summed E-state index contributed by atoms with van der Waals surface area (Å²) in [6.07, 6.45) is 7.01. The summed E-state index contributed by atoms with van der Waals surface area (Å²) in [5.74, 6) is 2.64. The maximum Gasteiger partial charge on any atom is 0.227 e. The molecule has 1 atom stereocenters. The van der Waals surface area contributed by atoms with Gasteiger partial charge in [-0.25, -0.2) is 0 Å². The van der Waals surface area contributed by atoms with Crippen LogP contribution in [0.1, 0.15) is 71.0 Å². The first-order valence-corrected chi connectivity index (χ1v) is 9.41. The number of carbonyl (C=O) groups excluding carboxylic acids is 1. The molecule has 0 N–H and O–H groups in total. The van der Waals surface area contributed by atoms with Crippen LogP contribution in [-0.2, 0) is 11.8 Å². The topological polar surface area (TPSA) is 54.3 Å². The van der Waals surface area contributed by atoms with Crippen LogP contribution in [0.4, 0.5) is 5.95 Å². The third-order valence-corrected chi connectivity index (χ3v) is 6.04. The highest BCUT2D eigenvalue weighted by molar-refractivity contribution is 5.74. The van der Waals surface area contributed by atoms with Crippen molar-refractivity contribution in [1.82, 2.24) is 19.7 Å². The molecular formula is C18H31N5O. The molecule has 6 heteroatoms. The average Bonchev–Trinajstić information content (AvgIpc) is 2.96. The molecule has 2 aliphatic rings. The van der Waals surface area contributed by atoms with Gasteiger partial charge in [0.25, 0.3) is 0 Å². The molecule has 1 aliphatic carbocycles. The van der Waals surface area contributed by atoms with Crippen molar-refractivity contribution in [2.24, 2.45) is 7.05 Å². The van der Waals surface area contributed by atoms with Gasteiger partial charge in [0.05, 0.1) is 5.54 Å². The van der Waals surface area contributed by atoms with Gasteiger partial charge in [0.15, 0.2) is 0 Å². The van der Waals surface area contributed by atoms with E-state index >= 15 is 0 Å². The molecule has 0 radical (unpaired) electrons. The van der Waals surface area contributed by atoms with Crippen molar-refractivity contribution in [2.45, 2.75) is 70.8 Å². The number of piperazine rings is 1. The van der Waals surface area contributed by atoms with Crippen LogP contribution in [0.5, 0.6) is 0 Å². The Morgan fingerprint density at radius 1 is 1.21 bits per heavy atom. The van der Waals surface area contributed by atoms with Gasteiger partial charge >= 0.3 is 0 Å². The molecule has 1 unspecified atom stereocenters. The molecule has 6 nitrogen and oxygen atoms in total. The maximum atomic E-state index is 12.2.